The van der Waals surface area contributed by atoms with Crippen LogP contribution in [0, 0.1) is 0 Å². The quantitative estimate of drug-likeness (QED) is 0.712. The molecule has 138 valence electrons. The predicted octanol–water partition coefficient (Wildman–Crippen LogP) is 3.18. The summed E-state index contributed by atoms with van der Waals surface area (Å²) in [6, 6.07) is 19.6. The largest absolute Gasteiger partial charge is 0.445 e. The highest BCUT2D eigenvalue weighted by atomic mass is 16.6. The van der Waals surface area contributed by atoms with Crippen molar-refractivity contribution in [3.63, 3.8) is 0 Å². The van der Waals surface area contributed by atoms with E-state index in [0.29, 0.717) is 19.7 Å². The number of aromatic nitrogens is 4. The van der Waals surface area contributed by atoms with Gasteiger partial charge in [-0.05, 0) is 41.0 Å². The van der Waals surface area contributed by atoms with Gasteiger partial charge in [0, 0.05) is 19.0 Å². The van der Waals surface area contributed by atoms with Crippen LogP contribution in [0.2, 0.25) is 0 Å². The van der Waals surface area contributed by atoms with Gasteiger partial charge >= 0.3 is 6.09 Å². The molecule has 1 aliphatic heterocycles. The van der Waals surface area contributed by atoms with Crippen LogP contribution in [-0.2, 0) is 11.3 Å². The number of amides is 1. The topological polar surface area (TPSA) is 73.1 Å². The minimum Gasteiger partial charge on any atom is -0.445 e. The number of tetrazole rings is 1. The minimum absolute atomic E-state index is 0.221. The number of likely N-dealkylation sites (tertiary alicyclic amines) is 1. The van der Waals surface area contributed by atoms with E-state index < -0.39 is 0 Å². The Morgan fingerprint density at radius 2 is 1.67 bits per heavy atom. The molecule has 1 aliphatic rings. The van der Waals surface area contributed by atoms with Crippen molar-refractivity contribution in [1.29, 1.82) is 0 Å². The number of carbonyl (C=O) groups excluding carboxylic acids is 1. The van der Waals surface area contributed by atoms with Crippen LogP contribution in [0.1, 0.15) is 30.1 Å². The van der Waals surface area contributed by atoms with Crippen molar-refractivity contribution in [2.45, 2.75) is 25.4 Å². The van der Waals surface area contributed by atoms with Gasteiger partial charge in [-0.3, -0.25) is 0 Å². The van der Waals surface area contributed by atoms with Gasteiger partial charge in [0.25, 0.3) is 0 Å². The molecule has 0 bridgehead atoms. The molecule has 1 aromatic heterocycles. The molecule has 0 N–H and O–H groups in total. The molecular formula is C20H21N5O2. The lowest BCUT2D eigenvalue weighted by Crippen LogP contribution is -2.38. The molecule has 7 nitrogen and oxygen atoms in total. The summed E-state index contributed by atoms with van der Waals surface area (Å²) in [5, 5.41) is 12.2. The number of hydrogen-bond acceptors (Lipinski definition) is 5. The highest BCUT2D eigenvalue weighted by Gasteiger charge is 2.28. The molecule has 1 fully saturated rings. The van der Waals surface area contributed by atoms with E-state index in [1.54, 1.807) is 9.58 Å². The van der Waals surface area contributed by atoms with Crippen molar-refractivity contribution in [3.8, 4) is 5.69 Å². The van der Waals surface area contributed by atoms with Crippen molar-refractivity contribution in [2.24, 2.45) is 0 Å². The molecule has 0 radical (unpaired) electrons. The zero-order valence-corrected chi connectivity index (χ0v) is 14.9. The van der Waals surface area contributed by atoms with E-state index in [1.807, 2.05) is 60.7 Å². The van der Waals surface area contributed by atoms with Crippen molar-refractivity contribution in [1.82, 2.24) is 25.1 Å². The Bertz CT molecular complexity index is 874. The van der Waals surface area contributed by atoms with Crippen molar-refractivity contribution >= 4 is 6.09 Å². The standard InChI is InChI=1S/C20H21N5O2/c26-20(27-15-16-7-3-1-4-8-16)24-13-11-17(12-14-24)19-21-22-23-25(19)18-9-5-2-6-10-18/h1-10,17H,11-15H2. The van der Waals surface area contributed by atoms with Crippen LogP contribution >= 0.6 is 0 Å². The maximum Gasteiger partial charge on any atom is 0.410 e. The third-order valence-corrected chi connectivity index (χ3v) is 4.82. The van der Waals surface area contributed by atoms with Crippen molar-refractivity contribution < 1.29 is 9.53 Å². The maximum absolute atomic E-state index is 12.3. The molecule has 0 saturated carbocycles. The van der Waals surface area contributed by atoms with E-state index in [1.165, 1.54) is 0 Å². The number of para-hydroxylation sites is 1. The van der Waals surface area contributed by atoms with Crippen LogP contribution in [0.4, 0.5) is 4.79 Å². The van der Waals surface area contributed by atoms with Crippen LogP contribution in [0.5, 0.6) is 0 Å². The summed E-state index contributed by atoms with van der Waals surface area (Å²) in [7, 11) is 0. The molecule has 2 aromatic carbocycles. The lowest BCUT2D eigenvalue weighted by atomic mass is 9.96. The lowest BCUT2D eigenvalue weighted by molar-refractivity contribution is 0.0865. The van der Waals surface area contributed by atoms with E-state index in [2.05, 4.69) is 15.5 Å². The SMILES string of the molecule is O=C(OCc1ccccc1)N1CCC(c2nnnn2-c2ccccc2)CC1. The third-order valence-electron chi connectivity index (χ3n) is 4.82. The first-order valence-electron chi connectivity index (χ1n) is 9.10. The number of ether oxygens (including phenoxy) is 1. The summed E-state index contributed by atoms with van der Waals surface area (Å²) in [6.07, 6.45) is 1.36. The van der Waals surface area contributed by atoms with Crippen LogP contribution in [0.25, 0.3) is 5.69 Å². The highest BCUT2D eigenvalue weighted by molar-refractivity contribution is 5.67. The number of benzene rings is 2. The van der Waals surface area contributed by atoms with Gasteiger partial charge in [0.15, 0.2) is 5.82 Å². The number of hydrogen-bond donors (Lipinski definition) is 0. The Kier molecular flexibility index (Phi) is 5.09. The van der Waals surface area contributed by atoms with Crippen molar-refractivity contribution in [2.75, 3.05) is 13.1 Å². The van der Waals surface area contributed by atoms with Gasteiger partial charge in [0.05, 0.1) is 5.69 Å². The molecule has 0 spiro atoms. The molecule has 4 rings (SSSR count). The monoisotopic (exact) mass is 363 g/mol. The van der Waals surface area contributed by atoms with Gasteiger partial charge in [-0.2, -0.15) is 4.68 Å². The number of piperidine rings is 1. The van der Waals surface area contributed by atoms with Gasteiger partial charge in [0.1, 0.15) is 6.61 Å². The molecule has 3 aromatic rings. The van der Waals surface area contributed by atoms with E-state index in [-0.39, 0.29) is 12.0 Å². The summed E-state index contributed by atoms with van der Waals surface area (Å²) in [4.78, 5) is 14.1. The molecule has 0 aliphatic carbocycles. The van der Waals surface area contributed by atoms with Crippen LogP contribution in [0.15, 0.2) is 60.7 Å². The summed E-state index contributed by atoms with van der Waals surface area (Å²) in [6.45, 7) is 1.58. The van der Waals surface area contributed by atoms with Gasteiger partial charge in [0.2, 0.25) is 0 Å². The van der Waals surface area contributed by atoms with E-state index in [4.69, 9.17) is 4.74 Å². The fourth-order valence-electron chi connectivity index (χ4n) is 3.33. The fraction of sp³-hybridized carbons (Fsp3) is 0.300. The Labute approximate surface area is 157 Å². The Hall–Kier alpha value is -3.22. The molecule has 0 unspecified atom stereocenters. The van der Waals surface area contributed by atoms with Gasteiger partial charge < -0.3 is 9.64 Å². The Morgan fingerprint density at radius 1 is 1.00 bits per heavy atom. The molecule has 7 heteroatoms. The molecular weight excluding hydrogens is 342 g/mol. The van der Waals surface area contributed by atoms with Gasteiger partial charge in [-0.1, -0.05) is 48.5 Å². The average Bonchev–Trinajstić information content (AvgIpc) is 3.23. The second-order valence-electron chi connectivity index (χ2n) is 6.59. The maximum atomic E-state index is 12.3. The molecule has 1 amide bonds. The highest BCUT2D eigenvalue weighted by Crippen LogP contribution is 2.27. The molecule has 27 heavy (non-hydrogen) atoms. The zero-order chi connectivity index (χ0) is 18.5. The van der Waals surface area contributed by atoms with E-state index >= 15 is 0 Å². The smallest absolute Gasteiger partial charge is 0.410 e. The summed E-state index contributed by atoms with van der Waals surface area (Å²) in [5.41, 5.74) is 1.94. The van der Waals surface area contributed by atoms with E-state index in [0.717, 1.165) is 29.9 Å². The van der Waals surface area contributed by atoms with Crippen LogP contribution in [-0.4, -0.2) is 44.3 Å². The third kappa shape index (κ3) is 3.97. The molecule has 0 atom stereocenters. The number of carbonyl (C=O) groups is 1. The van der Waals surface area contributed by atoms with Gasteiger partial charge in [-0.25, -0.2) is 4.79 Å². The number of nitrogens with zero attached hydrogens (tertiary/aromatic N) is 5. The summed E-state index contributed by atoms with van der Waals surface area (Å²) in [5.74, 6) is 1.07. The minimum atomic E-state index is -0.264. The zero-order valence-electron chi connectivity index (χ0n) is 14.9. The normalized spacial score (nSPS) is 14.9. The van der Waals surface area contributed by atoms with Crippen molar-refractivity contribution in [3.05, 3.63) is 72.1 Å². The van der Waals surface area contributed by atoms with E-state index in [9.17, 15) is 4.79 Å². The second-order valence-corrected chi connectivity index (χ2v) is 6.59. The predicted molar refractivity (Wildman–Crippen MR) is 99.3 cm³/mol. The molecule has 1 saturated heterocycles. The average molecular weight is 363 g/mol. The Balaban J connectivity index is 1.34. The van der Waals surface area contributed by atoms with Crippen LogP contribution in [0.3, 0.4) is 0 Å². The Morgan fingerprint density at radius 3 is 2.37 bits per heavy atom. The lowest BCUT2D eigenvalue weighted by Gasteiger charge is -2.30. The first-order valence-corrected chi connectivity index (χ1v) is 9.10. The van der Waals surface area contributed by atoms with Crippen LogP contribution < -0.4 is 0 Å². The first-order chi connectivity index (χ1) is 13.3. The second kappa shape index (κ2) is 7.99. The summed E-state index contributed by atoms with van der Waals surface area (Å²) < 4.78 is 7.21. The fourth-order valence-corrected chi connectivity index (χ4v) is 3.33. The van der Waals surface area contributed by atoms with Gasteiger partial charge in [-0.15, -0.1) is 5.10 Å². The first kappa shape index (κ1) is 17.2. The summed E-state index contributed by atoms with van der Waals surface area (Å²) >= 11 is 0. The number of rotatable bonds is 4. The molecule has 2 heterocycles.